The summed E-state index contributed by atoms with van der Waals surface area (Å²) in [5.41, 5.74) is 5.12. The lowest BCUT2D eigenvalue weighted by atomic mass is 10.0. The third kappa shape index (κ3) is 2.10. The molecule has 4 aromatic rings. The van der Waals surface area contributed by atoms with E-state index in [4.69, 9.17) is 14.7 Å². The number of hydrogen-bond donors (Lipinski definition) is 0. The van der Waals surface area contributed by atoms with E-state index in [1.165, 1.54) is 0 Å². The highest BCUT2D eigenvalue weighted by Gasteiger charge is 2.33. The van der Waals surface area contributed by atoms with Gasteiger partial charge < -0.3 is 4.74 Å². The molecule has 0 radical (unpaired) electrons. The lowest BCUT2D eigenvalue weighted by Gasteiger charge is -2.28. The molecule has 6 rings (SSSR count). The summed E-state index contributed by atoms with van der Waals surface area (Å²) in [4.78, 5) is 9.91. The minimum atomic E-state index is -0.203. The van der Waals surface area contributed by atoms with Crippen molar-refractivity contribution in [3.63, 3.8) is 0 Å². The second-order valence-corrected chi connectivity index (χ2v) is 6.71. The molecule has 0 spiro atoms. The van der Waals surface area contributed by atoms with Crippen molar-refractivity contribution < 1.29 is 4.74 Å². The van der Waals surface area contributed by atoms with E-state index in [0.717, 1.165) is 39.3 Å². The van der Waals surface area contributed by atoms with Crippen molar-refractivity contribution in [2.75, 3.05) is 0 Å². The predicted octanol–water partition coefficient (Wildman–Crippen LogP) is 4.93. The normalized spacial score (nSPS) is 17.3. The van der Waals surface area contributed by atoms with Gasteiger partial charge in [0.25, 0.3) is 0 Å². The Bertz CT molecular complexity index is 1250. The van der Waals surface area contributed by atoms with Crippen LogP contribution in [0.25, 0.3) is 22.7 Å². The SMILES string of the molecule is C1=C2C(=NC(c3ccccc3)n3c2nc2ccccc23)Oc2ccccc21. The first kappa shape index (κ1) is 14.5. The zero-order valence-electron chi connectivity index (χ0n) is 14.4. The van der Waals surface area contributed by atoms with Gasteiger partial charge in [-0.25, -0.2) is 9.98 Å². The largest absolute Gasteiger partial charge is 0.438 e. The van der Waals surface area contributed by atoms with E-state index in [1.807, 2.05) is 54.6 Å². The van der Waals surface area contributed by atoms with Crippen LogP contribution in [0.15, 0.2) is 83.9 Å². The Balaban J connectivity index is 1.67. The van der Waals surface area contributed by atoms with Gasteiger partial charge in [-0.15, -0.1) is 0 Å². The van der Waals surface area contributed by atoms with Crippen molar-refractivity contribution in [3.05, 3.63) is 95.8 Å². The summed E-state index contributed by atoms with van der Waals surface area (Å²) < 4.78 is 8.37. The van der Waals surface area contributed by atoms with Crippen molar-refractivity contribution in [3.8, 4) is 5.75 Å². The molecule has 2 aliphatic rings. The van der Waals surface area contributed by atoms with Gasteiger partial charge in [0.05, 0.1) is 16.6 Å². The molecule has 128 valence electrons. The molecule has 0 aliphatic carbocycles. The second kappa shape index (κ2) is 5.42. The maximum Gasteiger partial charge on any atom is 0.228 e. The molecular weight excluding hydrogens is 334 g/mol. The zero-order valence-corrected chi connectivity index (χ0v) is 14.4. The van der Waals surface area contributed by atoms with E-state index < -0.39 is 0 Å². The first-order valence-corrected chi connectivity index (χ1v) is 8.97. The van der Waals surface area contributed by atoms with E-state index in [-0.39, 0.29) is 6.17 Å². The first-order chi connectivity index (χ1) is 13.4. The van der Waals surface area contributed by atoms with Crippen molar-refractivity contribution in [2.24, 2.45) is 4.99 Å². The molecule has 0 fully saturated rings. The summed E-state index contributed by atoms with van der Waals surface area (Å²) in [5.74, 6) is 2.35. The average molecular weight is 349 g/mol. The molecular formula is C23H15N3O. The highest BCUT2D eigenvalue weighted by molar-refractivity contribution is 6.26. The number of aliphatic imine (C=N–C) groups is 1. The number of imidazole rings is 1. The number of fused-ring (bicyclic) bond motifs is 6. The number of hydrogen-bond acceptors (Lipinski definition) is 3. The van der Waals surface area contributed by atoms with E-state index >= 15 is 0 Å². The number of rotatable bonds is 1. The Kier molecular flexibility index (Phi) is 2.91. The summed E-state index contributed by atoms with van der Waals surface area (Å²) >= 11 is 0. The molecule has 3 heterocycles. The zero-order chi connectivity index (χ0) is 17.8. The van der Waals surface area contributed by atoms with Gasteiger partial charge in [0.1, 0.15) is 11.6 Å². The number of para-hydroxylation sites is 3. The lowest BCUT2D eigenvalue weighted by molar-refractivity contribution is 0.516. The molecule has 1 unspecified atom stereocenters. The van der Waals surface area contributed by atoms with E-state index in [0.29, 0.717) is 5.90 Å². The summed E-state index contributed by atoms with van der Waals surface area (Å²) in [6.07, 6.45) is 1.92. The molecule has 0 saturated carbocycles. The minimum absolute atomic E-state index is 0.203. The van der Waals surface area contributed by atoms with Gasteiger partial charge in [0.2, 0.25) is 5.90 Å². The molecule has 0 saturated heterocycles. The van der Waals surface area contributed by atoms with Crippen LogP contribution in [-0.4, -0.2) is 15.4 Å². The van der Waals surface area contributed by atoms with Crippen LogP contribution in [0, 0.1) is 0 Å². The van der Waals surface area contributed by atoms with Gasteiger partial charge in [-0.05, 0) is 29.8 Å². The molecule has 4 heteroatoms. The fourth-order valence-corrected chi connectivity index (χ4v) is 3.82. The maximum absolute atomic E-state index is 6.17. The molecule has 0 bridgehead atoms. The van der Waals surface area contributed by atoms with Crippen LogP contribution in [0.3, 0.4) is 0 Å². The van der Waals surface area contributed by atoms with Crippen LogP contribution < -0.4 is 4.74 Å². The average Bonchev–Trinajstić information content (AvgIpc) is 3.12. The van der Waals surface area contributed by atoms with Crippen LogP contribution in [-0.2, 0) is 0 Å². The number of benzene rings is 3. The third-order valence-electron chi connectivity index (χ3n) is 5.07. The molecule has 4 nitrogen and oxygen atoms in total. The van der Waals surface area contributed by atoms with Gasteiger partial charge in [-0.1, -0.05) is 60.7 Å². The molecule has 1 atom stereocenters. The van der Waals surface area contributed by atoms with Gasteiger partial charge in [0.15, 0.2) is 6.17 Å². The summed E-state index contributed by atoms with van der Waals surface area (Å²) in [6, 6.07) is 26.5. The summed E-state index contributed by atoms with van der Waals surface area (Å²) in [5, 5.41) is 0. The van der Waals surface area contributed by atoms with Crippen LogP contribution in [0.1, 0.15) is 23.1 Å². The van der Waals surface area contributed by atoms with Crippen molar-refractivity contribution in [2.45, 2.75) is 6.17 Å². The monoisotopic (exact) mass is 349 g/mol. The van der Waals surface area contributed by atoms with Gasteiger partial charge in [-0.3, -0.25) is 4.57 Å². The fraction of sp³-hybridized carbons (Fsp3) is 0.0435. The van der Waals surface area contributed by atoms with E-state index in [1.54, 1.807) is 0 Å². The highest BCUT2D eigenvalue weighted by atomic mass is 16.5. The van der Waals surface area contributed by atoms with Crippen LogP contribution in [0.4, 0.5) is 0 Å². The van der Waals surface area contributed by atoms with Crippen molar-refractivity contribution in [1.82, 2.24) is 9.55 Å². The Morgan fingerprint density at radius 2 is 1.59 bits per heavy atom. The number of aromatic nitrogens is 2. The molecule has 2 aliphatic heterocycles. The van der Waals surface area contributed by atoms with E-state index in [2.05, 4.69) is 34.9 Å². The Morgan fingerprint density at radius 1 is 0.815 bits per heavy atom. The molecule has 27 heavy (non-hydrogen) atoms. The summed E-state index contributed by atoms with van der Waals surface area (Å²) in [6.45, 7) is 0. The molecule has 0 amide bonds. The van der Waals surface area contributed by atoms with Gasteiger partial charge in [-0.2, -0.15) is 0 Å². The van der Waals surface area contributed by atoms with Gasteiger partial charge in [0, 0.05) is 5.56 Å². The van der Waals surface area contributed by atoms with E-state index in [9.17, 15) is 0 Å². The second-order valence-electron chi connectivity index (χ2n) is 6.71. The van der Waals surface area contributed by atoms with Crippen LogP contribution in [0.2, 0.25) is 0 Å². The smallest absolute Gasteiger partial charge is 0.228 e. The van der Waals surface area contributed by atoms with Crippen molar-refractivity contribution in [1.29, 1.82) is 0 Å². The molecule has 3 aromatic carbocycles. The molecule has 0 N–H and O–H groups in total. The summed E-state index contributed by atoms with van der Waals surface area (Å²) in [7, 11) is 0. The Morgan fingerprint density at radius 3 is 2.52 bits per heavy atom. The maximum atomic E-state index is 6.17. The number of nitrogens with zero attached hydrogens (tertiary/aromatic N) is 3. The topological polar surface area (TPSA) is 39.4 Å². The predicted molar refractivity (Wildman–Crippen MR) is 107 cm³/mol. The van der Waals surface area contributed by atoms with Crippen molar-refractivity contribution >= 4 is 28.6 Å². The van der Waals surface area contributed by atoms with Crippen LogP contribution in [0.5, 0.6) is 5.75 Å². The first-order valence-electron chi connectivity index (χ1n) is 8.97. The molecule has 1 aromatic heterocycles. The van der Waals surface area contributed by atoms with Crippen LogP contribution >= 0.6 is 0 Å². The Labute approximate surface area is 156 Å². The van der Waals surface area contributed by atoms with Gasteiger partial charge >= 0.3 is 0 Å². The highest BCUT2D eigenvalue weighted by Crippen LogP contribution is 2.39. The lowest BCUT2D eigenvalue weighted by Crippen LogP contribution is -2.26. The quantitative estimate of drug-likeness (QED) is 0.489. The minimum Gasteiger partial charge on any atom is -0.438 e. The third-order valence-corrected chi connectivity index (χ3v) is 5.07. The number of ether oxygens (including phenoxy) is 1. The fourth-order valence-electron chi connectivity index (χ4n) is 3.82. The standard InChI is InChI=1S/C23H15N3O/c1-2-8-15(9-3-1)21-25-23-17(14-16-10-4-7-13-20(16)27-23)22-24-18-11-5-6-12-19(18)26(21)22/h1-14,21H. The Hall–Kier alpha value is -3.66.